The Morgan fingerprint density at radius 2 is 1.66 bits per heavy atom. The fraction of sp³-hybridized carbons (Fsp3) is 0.364. The summed E-state index contributed by atoms with van der Waals surface area (Å²) >= 11 is 0. The molecule has 7 nitrogen and oxygen atoms in total. The molecule has 2 aromatic rings. The van der Waals surface area contributed by atoms with Gasteiger partial charge in [-0.05, 0) is 29.8 Å². The van der Waals surface area contributed by atoms with Gasteiger partial charge in [-0.1, -0.05) is 24.3 Å². The Bertz CT molecular complexity index is 830. The number of nitrogens with one attached hydrogen (secondary N) is 1. The highest BCUT2D eigenvalue weighted by Gasteiger charge is 2.21. The molecular weight excluding hydrogens is 370 g/mol. The third-order valence-corrected chi connectivity index (χ3v) is 5.03. The smallest absolute Gasteiger partial charge is 0.337 e. The summed E-state index contributed by atoms with van der Waals surface area (Å²) in [4.78, 5) is 28.2. The molecule has 7 heteroatoms. The van der Waals surface area contributed by atoms with Gasteiger partial charge in [0.15, 0.2) is 0 Å². The molecule has 2 aromatic carbocycles. The van der Waals surface area contributed by atoms with Gasteiger partial charge in [-0.3, -0.25) is 9.69 Å². The molecule has 0 unspecified atom stereocenters. The van der Waals surface area contributed by atoms with Crippen LogP contribution in [0.25, 0.3) is 0 Å². The van der Waals surface area contributed by atoms with Crippen LogP contribution in [0.4, 0.5) is 5.69 Å². The van der Waals surface area contributed by atoms with Crippen molar-refractivity contribution in [2.45, 2.75) is 6.54 Å². The van der Waals surface area contributed by atoms with Gasteiger partial charge in [-0.2, -0.15) is 0 Å². The first-order chi connectivity index (χ1) is 14.1. The first-order valence-electron chi connectivity index (χ1n) is 9.65. The van der Waals surface area contributed by atoms with Crippen LogP contribution in [0, 0.1) is 0 Å². The quantitative estimate of drug-likeness (QED) is 0.720. The van der Waals surface area contributed by atoms with E-state index in [4.69, 9.17) is 4.74 Å². The van der Waals surface area contributed by atoms with E-state index in [-0.39, 0.29) is 11.9 Å². The molecule has 1 fully saturated rings. The highest BCUT2D eigenvalue weighted by atomic mass is 16.5. The molecule has 0 atom stereocenters. The molecule has 1 heterocycles. The van der Waals surface area contributed by atoms with Crippen LogP contribution >= 0.6 is 0 Å². The Hall–Kier alpha value is -3.06. The Labute approximate surface area is 171 Å². The zero-order valence-corrected chi connectivity index (χ0v) is 16.9. The number of ether oxygens (including phenoxy) is 2. The van der Waals surface area contributed by atoms with Crippen molar-refractivity contribution in [3.8, 4) is 5.75 Å². The van der Waals surface area contributed by atoms with E-state index in [1.165, 1.54) is 7.11 Å². The van der Waals surface area contributed by atoms with E-state index < -0.39 is 0 Å². The minimum absolute atomic E-state index is 0.00668. The SMILES string of the molecule is COC(=O)c1ccc(CNC(=O)CN2CCN(c3ccccc3OC)CC2)cc1. The number of hydrogen-bond acceptors (Lipinski definition) is 6. The molecule has 0 bridgehead atoms. The number of carbonyl (C=O) groups excluding carboxylic acids is 2. The normalized spacial score (nSPS) is 14.3. The standard InChI is InChI=1S/C22H27N3O4/c1-28-20-6-4-3-5-19(20)25-13-11-24(12-14-25)16-21(26)23-15-17-7-9-18(10-8-17)22(27)29-2/h3-10H,11-16H2,1-2H3,(H,23,26). The fourth-order valence-electron chi connectivity index (χ4n) is 3.37. The molecule has 1 aliphatic rings. The van der Waals surface area contributed by atoms with Gasteiger partial charge in [0.2, 0.25) is 5.91 Å². The van der Waals surface area contributed by atoms with Crippen molar-refractivity contribution in [3.05, 3.63) is 59.7 Å². The molecule has 0 radical (unpaired) electrons. The first-order valence-corrected chi connectivity index (χ1v) is 9.65. The Morgan fingerprint density at radius 3 is 2.31 bits per heavy atom. The lowest BCUT2D eigenvalue weighted by Gasteiger charge is -2.36. The van der Waals surface area contributed by atoms with Crippen molar-refractivity contribution in [1.82, 2.24) is 10.2 Å². The number of rotatable bonds is 7. The molecule has 1 aliphatic heterocycles. The second-order valence-corrected chi connectivity index (χ2v) is 6.90. The number of methoxy groups -OCH3 is 2. The molecule has 0 aromatic heterocycles. The number of esters is 1. The van der Waals surface area contributed by atoms with E-state index in [9.17, 15) is 9.59 Å². The van der Waals surface area contributed by atoms with Crippen LogP contribution < -0.4 is 15.0 Å². The minimum atomic E-state index is -0.368. The summed E-state index contributed by atoms with van der Waals surface area (Å²) in [7, 11) is 3.04. The lowest BCUT2D eigenvalue weighted by Crippen LogP contribution is -2.49. The Morgan fingerprint density at radius 1 is 0.966 bits per heavy atom. The maximum absolute atomic E-state index is 12.3. The van der Waals surface area contributed by atoms with Crippen molar-refractivity contribution in [2.24, 2.45) is 0 Å². The molecule has 3 rings (SSSR count). The van der Waals surface area contributed by atoms with Crippen LogP contribution in [-0.4, -0.2) is 63.7 Å². The largest absolute Gasteiger partial charge is 0.495 e. The number of amides is 1. The van der Waals surface area contributed by atoms with Gasteiger partial charge in [0.25, 0.3) is 0 Å². The Balaban J connectivity index is 1.43. The second kappa shape index (κ2) is 9.93. The van der Waals surface area contributed by atoms with Crippen LogP contribution in [-0.2, 0) is 16.1 Å². The highest BCUT2D eigenvalue weighted by molar-refractivity contribution is 5.89. The van der Waals surface area contributed by atoms with Gasteiger partial charge in [0.1, 0.15) is 5.75 Å². The third-order valence-electron chi connectivity index (χ3n) is 5.03. The predicted molar refractivity (Wildman–Crippen MR) is 111 cm³/mol. The van der Waals surface area contributed by atoms with Gasteiger partial charge in [-0.15, -0.1) is 0 Å². The molecular formula is C22H27N3O4. The number of hydrogen-bond donors (Lipinski definition) is 1. The maximum Gasteiger partial charge on any atom is 0.337 e. The number of anilines is 1. The van der Waals surface area contributed by atoms with E-state index >= 15 is 0 Å². The van der Waals surface area contributed by atoms with Crippen molar-refractivity contribution >= 4 is 17.6 Å². The summed E-state index contributed by atoms with van der Waals surface area (Å²) in [5, 5.41) is 2.94. The highest BCUT2D eigenvalue weighted by Crippen LogP contribution is 2.28. The number of nitrogens with zero attached hydrogens (tertiary/aromatic N) is 2. The van der Waals surface area contributed by atoms with Crippen LogP contribution in [0.3, 0.4) is 0 Å². The molecule has 0 spiro atoms. The molecule has 1 N–H and O–H groups in total. The van der Waals surface area contributed by atoms with Crippen LogP contribution in [0.2, 0.25) is 0 Å². The minimum Gasteiger partial charge on any atom is -0.495 e. The number of benzene rings is 2. The van der Waals surface area contributed by atoms with E-state index in [1.54, 1.807) is 19.2 Å². The maximum atomic E-state index is 12.3. The monoisotopic (exact) mass is 397 g/mol. The third kappa shape index (κ3) is 5.48. The Kier molecular flexibility index (Phi) is 7.08. The summed E-state index contributed by atoms with van der Waals surface area (Å²) in [6.07, 6.45) is 0. The lowest BCUT2D eigenvalue weighted by molar-refractivity contribution is -0.122. The summed E-state index contributed by atoms with van der Waals surface area (Å²) in [6, 6.07) is 15.0. The zero-order valence-electron chi connectivity index (χ0n) is 16.9. The van der Waals surface area contributed by atoms with Crippen molar-refractivity contribution in [1.29, 1.82) is 0 Å². The van der Waals surface area contributed by atoms with E-state index in [2.05, 4.69) is 25.9 Å². The van der Waals surface area contributed by atoms with Crippen molar-refractivity contribution in [2.75, 3.05) is 51.8 Å². The average molecular weight is 397 g/mol. The fourth-order valence-corrected chi connectivity index (χ4v) is 3.37. The van der Waals surface area contributed by atoms with Gasteiger partial charge >= 0.3 is 5.97 Å². The zero-order chi connectivity index (χ0) is 20.6. The first kappa shape index (κ1) is 20.7. The van der Waals surface area contributed by atoms with Crippen molar-refractivity contribution in [3.63, 3.8) is 0 Å². The molecule has 29 heavy (non-hydrogen) atoms. The number of piperazine rings is 1. The van der Waals surface area contributed by atoms with E-state index in [0.29, 0.717) is 18.7 Å². The van der Waals surface area contributed by atoms with Crippen LogP contribution in [0.1, 0.15) is 15.9 Å². The van der Waals surface area contributed by atoms with Gasteiger partial charge in [0.05, 0.1) is 32.0 Å². The molecule has 1 amide bonds. The van der Waals surface area contributed by atoms with E-state index in [0.717, 1.165) is 43.2 Å². The van der Waals surface area contributed by atoms with Gasteiger partial charge in [-0.25, -0.2) is 4.79 Å². The summed E-state index contributed by atoms with van der Waals surface area (Å²) in [6.45, 7) is 4.14. The van der Waals surface area contributed by atoms with Crippen LogP contribution in [0.15, 0.2) is 48.5 Å². The molecule has 0 saturated carbocycles. The molecule has 0 aliphatic carbocycles. The number of para-hydroxylation sites is 2. The summed E-state index contributed by atoms with van der Waals surface area (Å²) in [5.41, 5.74) is 2.52. The van der Waals surface area contributed by atoms with Crippen LogP contribution in [0.5, 0.6) is 5.75 Å². The van der Waals surface area contributed by atoms with Gasteiger partial charge in [0, 0.05) is 32.7 Å². The molecule has 1 saturated heterocycles. The number of carbonyl (C=O) groups is 2. The predicted octanol–water partition coefficient (Wildman–Crippen LogP) is 1.92. The van der Waals surface area contributed by atoms with Crippen molar-refractivity contribution < 1.29 is 19.1 Å². The van der Waals surface area contributed by atoms with Gasteiger partial charge < -0.3 is 19.7 Å². The summed E-state index contributed by atoms with van der Waals surface area (Å²) in [5.74, 6) is 0.498. The summed E-state index contributed by atoms with van der Waals surface area (Å²) < 4.78 is 10.1. The lowest BCUT2D eigenvalue weighted by atomic mass is 10.1. The molecule has 154 valence electrons. The van der Waals surface area contributed by atoms with E-state index in [1.807, 2.05) is 30.3 Å². The topological polar surface area (TPSA) is 71.1 Å². The second-order valence-electron chi connectivity index (χ2n) is 6.90. The average Bonchev–Trinajstić information content (AvgIpc) is 2.78.